The van der Waals surface area contributed by atoms with Crippen LogP contribution in [0.4, 0.5) is 4.39 Å². The molecule has 1 aromatic rings. The molecule has 2 atom stereocenters. The summed E-state index contributed by atoms with van der Waals surface area (Å²) in [5.41, 5.74) is 6.75. The summed E-state index contributed by atoms with van der Waals surface area (Å²) in [6.45, 7) is 2.64. The van der Waals surface area contributed by atoms with Gasteiger partial charge >= 0.3 is 0 Å². The van der Waals surface area contributed by atoms with Crippen LogP contribution in [0, 0.1) is 5.82 Å². The lowest BCUT2D eigenvalue weighted by atomic mass is 9.86. The molecule has 0 radical (unpaired) electrons. The molecule has 0 saturated carbocycles. The fraction of sp³-hybridized carbons (Fsp3) is 0.500. The average molecular weight is 244 g/mol. The summed E-state index contributed by atoms with van der Waals surface area (Å²) in [6.07, 6.45) is 1.43. The van der Waals surface area contributed by atoms with Gasteiger partial charge in [0.05, 0.1) is 6.10 Å². The van der Waals surface area contributed by atoms with Crippen LogP contribution in [-0.2, 0) is 11.2 Å². The van der Waals surface area contributed by atoms with Gasteiger partial charge < -0.3 is 10.5 Å². The molecule has 4 heteroatoms. The second-order valence-electron chi connectivity index (χ2n) is 4.41. The van der Waals surface area contributed by atoms with Crippen LogP contribution in [-0.4, -0.2) is 18.2 Å². The Balaban J connectivity index is 2.20. The average Bonchev–Trinajstić information content (AvgIpc) is 2.52. The molecular formula is C12H15ClFNO. The minimum atomic E-state index is -0.387. The normalized spacial score (nSPS) is 29.6. The van der Waals surface area contributed by atoms with E-state index in [9.17, 15) is 4.39 Å². The summed E-state index contributed by atoms with van der Waals surface area (Å²) in [6, 6.07) is 4.42. The monoisotopic (exact) mass is 243 g/mol. The predicted molar refractivity (Wildman–Crippen MR) is 62.1 cm³/mol. The molecule has 1 aliphatic heterocycles. The van der Waals surface area contributed by atoms with Crippen molar-refractivity contribution in [2.45, 2.75) is 31.4 Å². The zero-order chi connectivity index (χ0) is 11.8. The second kappa shape index (κ2) is 4.32. The largest absolute Gasteiger partial charge is 0.377 e. The quantitative estimate of drug-likeness (QED) is 0.866. The minimum Gasteiger partial charge on any atom is -0.377 e. The zero-order valence-corrected chi connectivity index (χ0v) is 9.93. The van der Waals surface area contributed by atoms with Crippen LogP contribution in [0.3, 0.4) is 0 Å². The molecule has 1 fully saturated rings. The molecule has 16 heavy (non-hydrogen) atoms. The summed E-state index contributed by atoms with van der Waals surface area (Å²) in [7, 11) is 0. The van der Waals surface area contributed by atoms with Crippen molar-refractivity contribution < 1.29 is 9.13 Å². The predicted octanol–water partition coefficient (Wildman–Crippen LogP) is 2.53. The fourth-order valence-electron chi connectivity index (χ4n) is 2.05. The maximum Gasteiger partial charge on any atom is 0.124 e. The number of hydrogen-bond acceptors (Lipinski definition) is 2. The van der Waals surface area contributed by atoms with Crippen LogP contribution in [0.15, 0.2) is 18.2 Å². The molecule has 1 aliphatic rings. The van der Waals surface area contributed by atoms with Gasteiger partial charge in [-0.3, -0.25) is 0 Å². The van der Waals surface area contributed by atoms with Gasteiger partial charge in [-0.05, 0) is 37.5 Å². The van der Waals surface area contributed by atoms with Gasteiger partial charge in [-0.2, -0.15) is 0 Å². The van der Waals surface area contributed by atoms with Crippen LogP contribution in [0.5, 0.6) is 0 Å². The van der Waals surface area contributed by atoms with Gasteiger partial charge in [-0.1, -0.05) is 17.7 Å². The minimum absolute atomic E-state index is 0.00798. The first-order valence-electron chi connectivity index (χ1n) is 5.36. The van der Waals surface area contributed by atoms with Crippen LogP contribution >= 0.6 is 11.6 Å². The van der Waals surface area contributed by atoms with Gasteiger partial charge in [0, 0.05) is 17.2 Å². The Kier molecular flexibility index (Phi) is 3.19. The van der Waals surface area contributed by atoms with E-state index in [0.29, 0.717) is 18.1 Å². The maximum absolute atomic E-state index is 12.9. The van der Waals surface area contributed by atoms with Crippen molar-refractivity contribution in [3.05, 3.63) is 34.6 Å². The van der Waals surface area contributed by atoms with Gasteiger partial charge in [-0.25, -0.2) is 4.39 Å². The van der Waals surface area contributed by atoms with Crippen molar-refractivity contribution >= 4 is 11.6 Å². The highest BCUT2D eigenvalue weighted by Gasteiger charge is 2.38. The molecule has 0 amide bonds. The van der Waals surface area contributed by atoms with Crippen molar-refractivity contribution in [3.8, 4) is 0 Å². The highest BCUT2D eigenvalue weighted by molar-refractivity contribution is 6.31. The third-order valence-corrected chi connectivity index (χ3v) is 3.63. The van der Waals surface area contributed by atoms with E-state index in [1.54, 1.807) is 6.07 Å². The lowest BCUT2D eigenvalue weighted by molar-refractivity contribution is 0.0955. The summed E-state index contributed by atoms with van der Waals surface area (Å²) in [5.74, 6) is -0.324. The highest BCUT2D eigenvalue weighted by Crippen LogP contribution is 2.29. The molecule has 88 valence electrons. The summed E-state index contributed by atoms with van der Waals surface area (Å²) in [4.78, 5) is 0. The van der Waals surface area contributed by atoms with Crippen LogP contribution < -0.4 is 5.73 Å². The SMILES string of the molecule is CC1OCCC1(N)Cc1ccc(F)cc1Cl. The third kappa shape index (κ3) is 2.21. The smallest absolute Gasteiger partial charge is 0.124 e. The zero-order valence-electron chi connectivity index (χ0n) is 9.17. The second-order valence-corrected chi connectivity index (χ2v) is 4.82. The molecule has 1 aromatic carbocycles. The number of nitrogens with two attached hydrogens (primary N) is 1. The van der Waals surface area contributed by atoms with Gasteiger partial charge in [0.25, 0.3) is 0 Å². The number of ether oxygens (including phenoxy) is 1. The van der Waals surface area contributed by atoms with E-state index in [-0.39, 0.29) is 17.5 Å². The Bertz CT molecular complexity index is 399. The number of rotatable bonds is 2. The lowest BCUT2D eigenvalue weighted by Crippen LogP contribution is -2.48. The molecule has 0 aliphatic carbocycles. The van der Waals surface area contributed by atoms with Crippen molar-refractivity contribution in [3.63, 3.8) is 0 Å². The van der Waals surface area contributed by atoms with Crippen LogP contribution in [0.1, 0.15) is 18.9 Å². The van der Waals surface area contributed by atoms with E-state index in [0.717, 1.165) is 12.0 Å². The van der Waals surface area contributed by atoms with Crippen molar-refractivity contribution in [2.75, 3.05) is 6.61 Å². The summed E-state index contributed by atoms with van der Waals surface area (Å²) < 4.78 is 18.4. The molecule has 2 unspecified atom stereocenters. The lowest BCUT2D eigenvalue weighted by Gasteiger charge is -2.27. The van der Waals surface area contributed by atoms with Gasteiger partial charge in [0.2, 0.25) is 0 Å². The van der Waals surface area contributed by atoms with Crippen molar-refractivity contribution in [1.29, 1.82) is 0 Å². The number of hydrogen-bond donors (Lipinski definition) is 1. The van der Waals surface area contributed by atoms with Crippen LogP contribution in [0.25, 0.3) is 0 Å². The van der Waals surface area contributed by atoms with Gasteiger partial charge in [0.1, 0.15) is 5.82 Å². The Morgan fingerprint density at radius 3 is 2.94 bits per heavy atom. The molecule has 1 heterocycles. The molecular weight excluding hydrogens is 229 g/mol. The van der Waals surface area contributed by atoms with Crippen LogP contribution in [0.2, 0.25) is 5.02 Å². The van der Waals surface area contributed by atoms with E-state index >= 15 is 0 Å². The Hall–Kier alpha value is -0.640. The van der Waals surface area contributed by atoms with E-state index in [2.05, 4.69) is 0 Å². The Morgan fingerprint density at radius 1 is 1.62 bits per heavy atom. The van der Waals surface area contributed by atoms with Crippen molar-refractivity contribution in [2.24, 2.45) is 5.73 Å². The van der Waals surface area contributed by atoms with E-state index < -0.39 is 0 Å². The molecule has 0 aromatic heterocycles. The molecule has 1 saturated heterocycles. The fourth-order valence-corrected chi connectivity index (χ4v) is 2.28. The maximum atomic E-state index is 12.9. The first-order valence-corrected chi connectivity index (χ1v) is 5.73. The molecule has 0 spiro atoms. The highest BCUT2D eigenvalue weighted by atomic mass is 35.5. The molecule has 2 rings (SSSR count). The third-order valence-electron chi connectivity index (χ3n) is 3.28. The van der Waals surface area contributed by atoms with E-state index in [1.807, 2.05) is 6.92 Å². The van der Waals surface area contributed by atoms with Gasteiger partial charge in [-0.15, -0.1) is 0 Å². The van der Waals surface area contributed by atoms with Gasteiger partial charge in [0.15, 0.2) is 0 Å². The van der Waals surface area contributed by atoms with E-state index in [4.69, 9.17) is 22.1 Å². The number of halogens is 2. The molecule has 2 nitrogen and oxygen atoms in total. The summed E-state index contributed by atoms with van der Waals surface area (Å²) in [5, 5.41) is 0.434. The Labute approximate surface area is 99.5 Å². The first-order chi connectivity index (χ1) is 7.51. The van der Waals surface area contributed by atoms with Crippen molar-refractivity contribution in [1.82, 2.24) is 0 Å². The summed E-state index contributed by atoms with van der Waals surface area (Å²) >= 11 is 5.98. The Morgan fingerprint density at radius 2 is 2.38 bits per heavy atom. The van der Waals surface area contributed by atoms with E-state index in [1.165, 1.54) is 12.1 Å². The number of benzene rings is 1. The standard InChI is InChI=1S/C12H15ClFNO/c1-8-12(15,4-5-16-8)7-9-2-3-10(14)6-11(9)13/h2-3,6,8H,4-5,7,15H2,1H3. The first kappa shape index (κ1) is 11.8. The topological polar surface area (TPSA) is 35.2 Å². The molecule has 0 bridgehead atoms. The molecule has 2 N–H and O–H groups in total.